The first kappa shape index (κ1) is 5.22. The summed E-state index contributed by atoms with van der Waals surface area (Å²) < 4.78 is 9.51. The van der Waals surface area contributed by atoms with Gasteiger partial charge >= 0.3 is 0 Å². The Bertz CT molecular complexity index is 253. The van der Waals surface area contributed by atoms with Crippen molar-refractivity contribution in [1.29, 1.82) is 0 Å². The van der Waals surface area contributed by atoms with E-state index in [1.807, 2.05) is 0 Å². The molecule has 0 radical (unpaired) electrons. The molecule has 0 aliphatic rings. The minimum absolute atomic E-state index is 0.477. The number of hydrogen-bond donors (Lipinski definition) is 0. The maximum Gasteiger partial charge on any atom is 0.237 e. The predicted octanol–water partition coefficient (Wildman–Crippen LogP) is 1.33. The molecule has 4 nitrogen and oxygen atoms in total. The summed E-state index contributed by atoms with van der Waals surface area (Å²) in [5, 5.41) is 3.58. The van der Waals surface area contributed by atoms with Crippen molar-refractivity contribution < 1.29 is 8.94 Å². The molecule has 0 atom stereocenters. The number of hydrogen-bond acceptors (Lipinski definition) is 4. The molecule has 0 N–H and O–H groups in total. The van der Waals surface area contributed by atoms with Gasteiger partial charge in [-0.05, 0) is 12.1 Å². The minimum Gasteiger partial charge on any atom is -0.461 e. The van der Waals surface area contributed by atoms with Gasteiger partial charge in [0.15, 0.2) is 5.76 Å². The molecule has 0 unspecified atom stereocenters. The first-order chi connectivity index (χ1) is 4.97. The fraction of sp³-hybridized carbons (Fsp3) is 0. The van der Waals surface area contributed by atoms with Crippen LogP contribution >= 0.6 is 0 Å². The molecule has 0 amide bonds. The zero-order chi connectivity index (χ0) is 6.81. The van der Waals surface area contributed by atoms with Crippen LogP contribution in [0.2, 0.25) is 0 Å². The Kier molecular flexibility index (Phi) is 1.04. The summed E-state index contributed by atoms with van der Waals surface area (Å²) in [7, 11) is 0. The topological polar surface area (TPSA) is 52.1 Å². The lowest BCUT2D eigenvalue weighted by Crippen LogP contribution is -1.73. The summed E-state index contributed by atoms with van der Waals surface area (Å²) in [4.78, 5) is 3.79. The third-order valence-electron chi connectivity index (χ3n) is 1.10. The van der Waals surface area contributed by atoms with Gasteiger partial charge in [0.2, 0.25) is 12.2 Å². The molecule has 0 bridgehead atoms. The number of rotatable bonds is 1. The molecule has 4 heteroatoms. The highest BCUT2D eigenvalue weighted by Gasteiger charge is 2.03. The predicted molar refractivity (Wildman–Crippen MR) is 32.0 cm³/mol. The van der Waals surface area contributed by atoms with Crippen LogP contribution < -0.4 is 0 Å². The Morgan fingerprint density at radius 1 is 1.40 bits per heavy atom. The van der Waals surface area contributed by atoms with Crippen molar-refractivity contribution in [2.45, 2.75) is 0 Å². The van der Waals surface area contributed by atoms with E-state index >= 15 is 0 Å². The van der Waals surface area contributed by atoms with Crippen LogP contribution in [-0.2, 0) is 0 Å². The van der Waals surface area contributed by atoms with Gasteiger partial charge in [-0.3, -0.25) is 0 Å². The summed E-state index contributed by atoms with van der Waals surface area (Å²) in [6, 6.07) is 3.54. The quantitative estimate of drug-likeness (QED) is 0.593. The summed E-state index contributed by atoms with van der Waals surface area (Å²) >= 11 is 0. The lowest BCUT2D eigenvalue weighted by Gasteiger charge is -1.80. The van der Waals surface area contributed by atoms with E-state index in [-0.39, 0.29) is 0 Å². The third-order valence-corrected chi connectivity index (χ3v) is 1.10. The number of aromatic nitrogens is 2. The van der Waals surface area contributed by atoms with Gasteiger partial charge < -0.3 is 8.94 Å². The van der Waals surface area contributed by atoms with Crippen molar-refractivity contribution in [2.75, 3.05) is 0 Å². The SMILES string of the molecule is c1coc(-c2ncon2)c1. The normalized spacial score (nSPS) is 10.0. The summed E-state index contributed by atoms with van der Waals surface area (Å²) in [5.41, 5.74) is 0. The highest BCUT2D eigenvalue weighted by molar-refractivity contribution is 5.43. The molecular weight excluding hydrogens is 132 g/mol. The fourth-order valence-corrected chi connectivity index (χ4v) is 0.685. The van der Waals surface area contributed by atoms with Gasteiger partial charge in [-0.1, -0.05) is 5.16 Å². The maximum atomic E-state index is 4.99. The zero-order valence-corrected chi connectivity index (χ0v) is 5.02. The Morgan fingerprint density at radius 3 is 3.00 bits per heavy atom. The van der Waals surface area contributed by atoms with Crippen molar-refractivity contribution in [3.63, 3.8) is 0 Å². The average molecular weight is 136 g/mol. The molecule has 0 saturated carbocycles. The molecule has 2 aromatic rings. The van der Waals surface area contributed by atoms with Crippen molar-refractivity contribution in [3.05, 3.63) is 24.8 Å². The van der Waals surface area contributed by atoms with E-state index in [2.05, 4.69) is 14.7 Å². The second kappa shape index (κ2) is 1.98. The van der Waals surface area contributed by atoms with Gasteiger partial charge in [0.25, 0.3) is 0 Å². The standard InChI is InChI=1S/C6H4N2O2/c1-2-5(9-3-1)6-7-4-10-8-6/h1-4H. The first-order valence-electron chi connectivity index (χ1n) is 2.77. The van der Waals surface area contributed by atoms with Gasteiger partial charge in [0, 0.05) is 0 Å². The van der Waals surface area contributed by atoms with Crippen LogP contribution in [-0.4, -0.2) is 10.1 Å². The molecule has 0 saturated heterocycles. The molecule has 0 aromatic carbocycles. The second-order valence-corrected chi connectivity index (χ2v) is 1.73. The summed E-state index contributed by atoms with van der Waals surface area (Å²) in [6.45, 7) is 0. The fourth-order valence-electron chi connectivity index (χ4n) is 0.685. The van der Waals surface area contributed by atoms with Gasteiger partial charge in [0.05, 0.1) is 6.26 Å². The monoisotopic (exact) mass is 136 g/mol. The molecular formula is C6H4N2O2. The van der Waals surface area contributed by atoms with E-state index in [9.17, 15) is 0 Å². The van der Waals surface area contributed by atoms with E-state index in [0.717, 1.165) is 0 Å². The van der Waals surface area contributed by atoms with Gasteiger partial charge in [0.1, 0.15) is 0 Å². The van der Waals surface area contributed by atoms with Crippen LogP contribution in [0.1, 0.15) is 0 Å². The molecule has 2 rings (SSSR count). The molecule has 10 heavy (non-hydrogen) atoms. The van der Waals surface area contributed by atoms with E-state index in [4.69, 9.17) is 4.42 Å². The Balaban J connectivity index is 2.48. The molecule has 0 aliphatic carbocycles. The van der Waals surface area contributed by atoms with E-state index in [1.165, 1.54) is 6.39 Å². The van der Waals surface area contributed by atoms with Crippen LogP contribution in [0.5, 0.6) is 0 Å². The highest BCUT2D eigenvalue weighted by Crippen LogP contribution is 2.12. The third kappa shape index (κ3) is 0.699. The molecule has 50 valence electrons. The van der Waals surface area contributed by atoms with Gasteiger partial charge in [-0.2, -0.15) is 4.98 Å². The van der Waals surface area contributed by atoms with E-state index < -0.39 is 0 Å². The molecule has 0 aliphatic heterocycles. The second-order valence-electron chi connectivity index (χ2n) is 1.73. The van der Waals surface area contributed by atoms with E-state index in [1.54, 1.807) is 18.4 Å². The minimum atomic E-state index is 0.477. The van der Waals surface area contributed by atoms with Crippen molar-refractivity contribution in [2.24, 2.45) is 0 Å². The first-order valence-corrected chi connectivity index (χ1v) is 2.77. The molecule has 2 aromatic heterocycles. The average Bonchev–Trinajstić information content (AvgIpc) is 2.59. The lowest BCUT2D eigenvalue weighted by atomic mass is 10.4. The van der Waals surface area contributed by atoms with Crippen molar-refractivity contribution in [3.8, 4) is 11.6 Å². The lowest BCUT2D eigenvalue weighted by molar-refractivity contribution is 0.416. The van der Waals surface area contributed by atoms with Crippen LogP contribution in [0.4, 0.5) is 0 Å². The van der Waals surface area contributed by atoms with Crippen LogP contribution in [0.25, 0.3) is 11.6 Å². The zero-order valence-electron chi connectivity index (χ0n) is 5.02. The van der Waals surface area contributed by atoms with Crippen molar-refractivity contribution in [1.82, 2.24) is 10.1 Å². The maximum absolute atomic E-state index is 4.99. The smallest absolute Gasteiger partial charge is 0.237 e. The van der Waals surface area contributed by atoms with Crippen LogP contribution in [0.3, 0.4) is 0 Å². The number of nitrogens with zero attached hydrogens (tertiary/aromatic N) is 2. The molecule has 2 heterocycles. The molecule has 0 spiro atoms. The van der Waals surface area contributed by atoms with Crippen LogP contribution in [0.15, 0.2) is 33.7 Å². The number of furan rings is 1. The Labute approximate surface area is 56.5 Å². The summed E-state index contributed by atoms with van der Waals surface area (Å²) in [5.74, 6) is 1.10. The molecule has 0 fully saturated rings. The van der Waals surface area contributed by atoms with Crippen LogP contribution in [0, 0.1) is 0 Å². The van der Waals surface area contributed by atoms with Crippen molar-refractivity contribution >= 4 is 0 Å². The van der Waals surface area contributed by atoms with E-state index in [0.29, 0.717) is 11.6 Å². The van der Waals surface area contributed by atoms with Gasteiger partial charge in [-0.25, -0.2) is 0 Å². The Morgan fingerprint density at radius 2 is 2.40 bits per heavy atom. The largest absolute Gasteiger partial charge is 0.461 e. The summed E-state index contributed by atoms with van der Waals surface area (Å²) in [6.07, 6.45) is 2.82. The Hall–Kier alpha value is -1.58. The van der Waals surface area contributed by atoms with Gasteiger partial charge in [-0.15, -0.1) is 0 Å². The highest BCUT2D eigenvalue weighted by atomic mass is 16.5.